The van der Waals surface area contributed by atoms with Crippen LogP contribution in [0.2, 0.25) is 0 Å². The Morgan fingerprint density at radius 3 is 1.25 bits per heavy atom. The standard InChI is InChI=1S/C20H30N4O2P2/c1-19(2,3)23-27(25-17-13-9-7-11-15(17)21)24(20(4,5)6)28(23)26-18-14-10-8-12-16(18)22/h7-14H,21-22H2,1-6H3. The van der Waals surface area contributed by atoms with Crippen LogP contribution in [0.4, 0.5) is 11.4 Å². The van der Waals surface area contributed by atoms with Crippen LogP contribution in [0.3, 0.4) is 0 Å². The molecule has 1 aliphatic heterocycles. The van der Waals surface area contributed by atoms with E-state index >= 15 is 0 Å². The molecule has 1 saturated heterocycles. The summed E-state index contributed by atoms with van der Waals surface area (Å²) in [5, 5.41) is 0. The van der Waals surface area contributed by atoms with Crippen LogP contribution in [0.25, 0.3) is 0 Å². The smallest absolute Gasteiger partial charge is 0.264 e. The van der Waals surface area contributed by atoms with Gasteiger partial charge in [0.1, 0.15) is 11.5 Å². The summed E-state index contributed by atoms with van der Waals surface area (Å²) in [5.74, 6) is 1.40. The van der Waals surface area contributed by atoms with Gasteiger partial charge >= 0.3 is 0 Å². The van der Waals surface area contributed by atoms with Gasteiger partial charge in [0.15, 0.2) is 0 Å². The van der Waals surface area contributed by atoms with Crippen LogP contribution < -0.4 is 20.5 Å². The Kier molecular flexibility index (Phi) is 5.80. The third-order valence-corrected chi connectivity index (χ3v) is 10.3. The van der Waals surface area contributed by atoms with Gasteiger partial charge in [-0.05, 0) is 65.8 Å². The van der Waals surface area contributed by atoms with Crippen LogP contribution in [0, 0.1) is 0 Å². The second kappa shape index (κ2) is 7.68. The topological polar surface area (TPSA) is 77.0 Å². The van der Waals surface area contributed by atoms with E-state index in [-0.39, 0.29) is 11.1 Å². The van der Waals surface area contributed by atoms with E-state index < -0.39 is 16.9 Å². The number of anilines is 2. The average Bonchev–Trinajstić information content (AvgIpc) is 2.54. The lowest BCUT2D eigenvalue weighted by atomic mass is 10.1. The Morgan fingerprint density at radius 1 is 0.643 bits per heavy atom. The van der Waals surface area contributed by atoms with Gasteiger partial charge in [-0.2, -0.15) is 8.88 Å². The van der Waals surface area contributed by atoms with Gasteiger partial charge in [0, 0.05) is 11.1 Å². The predicted molar refractivity (Wildman–Crippen MR) is 120 cm³/mol. The molecule has 152 valence electrons. The lowest BCUT2D eigenvalue weighted by Gasteiger charge is -2.60. The fourth-order valence-electron chi connectivity index (χ4n) is 2.74. The van der Waals surface area contributed by atoms with Gasteiger partial charge < -0.3 is 20.5 Å². The van der Waals surface area contributed by atoms with Crippen molar-refractivity contribution in [2.24, 2.45) is 0 Å². The molecule has 28 heavy (non-hydrogen) atoms. The monoisotopic (exact) mass is 420 g/mol. The molecule has 4 N–H and O–H groups in total. The molecule has 0 radical (unpaired) electrons. The Labute approximate surface area is 170 Å². The molecule has 2 aromatic rings. The van der Waals surface area contributed by atoms with Crippen molar-refractivity contribution in [2.75, 3.05) is 11.5 Å². The zero-order valence-corrected chi connectivity index (χ0v) is 19.2. The van der Waals surface area contributed by atoms with E-state index in [0.717, 1.165) is 0 Å². The molecule has 0 saturated carbocycles. The lowest BCUT2D eigenvalue weighted by molar-refractivity contribution is 0.226. The molecule has 0 amide bonds. The van der Waals surface area contributed by atoms with Gasteiger partial charge in [0.05, 0.1) is 11.4 Å². The summed E-state index contributed by atoms with van der Waals surface area (Å²) in [4.78, 5) is 0. The highest BCUT2D eigenvalue weighted by Crippen LogP contribution is 2.81. The first kappa shape index (κ1) is 21.1. The summed E-state index contributed by atoms with van der Waals surface area (Å²) in [6.07, 6.45) is 0. The van der Waals surface area contributed by atoms with Crippen LogP contribution in [0.15, 0.2) is 48.5 Å². The van der Waals surface area contributed by atoms with Crippen molar-refractivity contribution in [1.82, 2.24) is 8.88 Å². The van der Waals surface area contributed by atoms with Crippen molar-refractivity contribution in [3.63, 3.8) is 0 Å². The highest BCUT2D eigenvalue weighted by Gasteiger charge is 2.61. The van der Waals surface area contributed by atoms with E-state index in [9.17, 15) is 0 Å². The summed E-state index contributed by atoms with van der Waals surface area (Å²) in [5.41, 5.74) is 13.3. The highest BCUT2D eigenvalue weighted by atomic mass is 31.3. The molecule has 6 nitrogen and oxygen atoms in total. The van der Waals surface area contributed by atoms with Crippen LogP contribution in [0.5, 0.6) is 11.5 Å². The summed E-state index contributed by atoms with van der Waals surface area (Å²) in [6.45, 7) is 13.0. The number of nitrogens with two attached hydrogens (primary N) is 2. The maximum atomic E-state index is 6.45. The van der Waals surface area contributed by atoms with Crippen LogP contribution in [-0.2, 0) is 0 Å². The van der Waals surface area contributed by atoms with Gasteiger partial charge in [-0.25, -0.2) is 0 Å². The van der Waals surface area contributed by atoms with Crippen molar-refractivity contribution in [3.8, 4) is 11.5 Å². The first-order valence-electron chi connectivity index (χ1n) is 9.25. The first-order valence-corrected chi connectivity index (χ1v) is 11.6. The fourth-order valence-corrected chi connectivity index (χ4v) is 8.04. The van der Waals surface area contributed by atoms with Gasteiger partial charge in [0.25, 0.3) is 16.9 Å². The van der Waals surface area contributed by atoms with Gasteiger partial charge in [-0.3, -0.25) is 0 Å². The Morgan fingerprint density at radius 2 is 0.964 bits per heavy atom. The zero-order valence-electron chi connectivity index (χ0n) is 17.4. The Hall–Kier alpha value is -1.58. The Balaban J connectivity index is 1.96. The minimum atomic E-state index is -1.09. The van der Waals surface area contributed by atoms with E-state index in [1.54, 1.807) is 0 Å². The fraction of sp³-hybridized carbons (Fsp3) is 0.400. The molecular weight excluding hydrogens is 390 g/mol. The van der Waals surface area contributed by atoms with Crippen molar-refractivity contribution in [1.29, 1.82) is 0 Å². The van der Waals surface area contributed by atoms with Crippen molar-refractivity contribution in [3.05, 3.63) is 48.5 Å². The molecule has 1 fully saturated rings. The van der Waals surface area contributed by atoms with E-state index in [2.05, 4.69) is 50.4 Å². The zero-order chi connectivity index (χ0) is 20.7. The minimum Gasteiger partial charge on any atom is -0.442 e. The number of para-hydroxylation sites is 4. The predicted octanol–water partition coefficient (Wildman–Crippen LogP) is 5.98. The molecule has 8 heteroatoms. The van der Waals surface area contributed by atoms with Gasteiger partial charge in [0.2, 0.25) is 0 Å². The molecule has 0 aromatic heterocycles. The number of benzene rings is 2. The van der Waals surface area contributed by atoms with Gasteiger partial charge in [-0.1, -0.05) is 24.3 Å². The molecule has 1 aliphatic rings. The number of hydrogen-bond donors (Lipinski definition) is 2. The van der Waals surface area contributed by atoms with E-state index in [1.807, 2.05) is 48.5 Å². The third kappa shape index (κ3) is 4.21. The molecule has 2 aromatic carbocycles. The molecular formula is C20H30N4O2P2. The molecule has 0 atom stereocenters. The van der Waals surface area contributed by atoms with Gasteiger partial charge in [-0.15, -0.1) is 0 Å². The second-order valence-corrected chi connectivity index (χ2v) is 12.3. The first-order chi connectivity index (χ1) is 13.0. The summed E-state index contributed by atoms with van der Waals surface area (Å²) < 4.78 is 17.6. The summed E-state index contributed by atoms with van der Waals surface area (Å²) >= 11 is 0. The molecule has 0 aliphatic carbocycles. The third-order valence-electron chi connectivity index (χ3n) is 4.05. The van der Waals surface area contributed by atoms with E-state index in [4.69, 9.17) is 20.5 Å². The van der Waals surface area contributed by atoms with Crippen LogP contribution >= 0.6 is 16.9 Å². The number of nitrogen functional groups attached to an aromatic ring is 2. The Bertz CT molecular complexity index is 758. The minimum absolute atomic E-state index is 0.147. The molecule has 3 rings (SSSR count). The number of hydrogen-bond acceptors (Lipinski definition) is 6. The maximum Gasteiger partial charge on any atom is 0.264 e. The summed E-state index contributed by atoms with van der Waals surface area (Å²) in [7, 11) is -2.18. The van der Waals surface area contributed by atoms with E-state index in [0.29, 0.717) is 22.9 Å². The normalized spacial score (nSPS) is 21.2. The van der Waals surface area contributed by atoms with Crippen molar-refractivity contribution >= 4 is 28.3 Å². The maximum absolute atomic E-state index is 6.45. The molecule has 0 spiro atoms. The van der Waals surface area contributed by atoms with Crippen LogP contribution in [-0.4, -0.2) is 20.0 Å². The van der Waals surface area contributed by atoms with Crippen molar-refractivity contribution < 1.29 is 9.05 Å². The lowest BCUT2D eigenvalue weighted by Crippen LogP contribution is -2.55. The molecule has 0 unspecified atom stereocenters. The SMILES string of the molecule is CC(C)(C)N1P(Oc2ccccc2N)N(C(C)(C)C)P1Oc1ccccc1N. The largest absolute Gasteiger partial charge is 0.442 e. The van der Waals surface area contributed by atoms with Crippen LogP contribution in [0.1, 0.15) is 41.5 Å². The second-order valence-electron chi connectivity index (χ2n) is 8.68. The van der Waals surface area contributed by atoms with Crippen molar-refractivity contribution in [2.45, 2.75) is 52.6 Å². The summed E-state index contributed by atoms with van der Waals surface area (Å²) in [6, 6.07) is 15.2. The molecule has 1 heterocycles. The number of nitrogens with zero attached hydrogens (tertiary/aromatic N) is 2. The number of rotatable bonds is 4. The highest BCUT2D eigenvalue weighted by molar-refractivity contribution is 7.78. The molecule has 0 bridgehead atoms. The van der Waals surface area contributed by atoms with E-state index in [1.165, 1.54) is 0 Å². The average molecular weight is 420 g/mol. The quantitative estimate of drug-likeness (QED) is 0.468.